The second kappa shape index (κ2) is 11.0. The van der Waals surface area contributed by atoms with Gasteiger partial charge in [0.05, 0.1) is 18.9 Å². The molecule has 0 bridgehead atoms. The largest absolute Gasteiger partial charge is 0.544 e. The number of hydrogen-bond acceptors (Lipinski definition) is 3. The molecule has 0 aliphatic carbocycles. The lowest BCUT2D eigenvalue weighted by molar-refractivity contribution is -0.687. The van der Waals surface area contributed by atoms with Crippen molar-refractivity contribution in [3.63, 3.8) is 0 Å². The standard InChI is InChI=1S/C18H27ClN2O3/c1-3-5-6-13(4-2)12-20-16(18(23)24)11-17(22)21-15-9-7-14(19)8-10-15/h7-10,13,16,20H,3-6,11-12H2,1-2H3,(H,21,22)(H,23,24)/t13-,16+/m1/s1. The first-order valence-corrected chi connectivity index (χ1v) is 8.93. The number of quaternary nitrogens is 1. The maximum Gasteiger partial charge on any atom is 0.230 e. The van der Waals surface area contributed by atoms with E-state index < -0.39 is 12.0 Å². The van der Waals surface area contributed by atoms with Gasteiger partial charge in [0.1, 0.15) is 6.04 Å². The molecule has 0 aromatic heterocycles. The Balaban J connectivity index is 2.50. The number of halogens is 1. The third-order valence-electron chi connectivity index (χ3n) is 4.13. The SMILES string of the molecule is CCCC[C@@H](CC)C[NH2+][C@@H](CC(=O)Nc1ccc(Cl)cc1)C(=O)[O-]. The molecule has 5 nitrogen and oxygen atoms in total. The fourth-order valence-corrected chi connectivity index (χ4v) is 2.67. The van der Waals surface area contributed by atoms with E-state index in [1.165, 1.54) is 0 Å². The minimum atomic E-state index is -1.20. The molecule has 6 heteroatoms. The maximum atomic E-state index is 12.0. The first kappa shape index (κ1) is 20.5. The van der Waals surface area contributed by atoms with Crippen molar-refractivity contribution in [1.82, 2.24) is 0 Å². The summed E-state index contributed by atoms with van der Waals surface area (Å²) >= 11 is 5.79. The highest BCUT2D eigenvalue weighted by Gasteiger charge is 2.20. The van der Waals surface area contributed by atoms with Gasteiger partial charge in [-0.25, -0.2) is 0 Å². The molecule has 0 saturated heterocycles. The van der Waals surface area contributed by atoms with Crippen molar-refractivity contribution < 1.29 is 20.0 Å². The van der Waals surface area contributed by atoms with Gasteiger partial charge in [-0.05, 0) is 37.1 Å². The Morgan fingerprint density at radius 3 is 2.46 bits per heavy atom. The van der Waals surface area contributed by atoms with E-state index in [1.54, 1.807) is 29.6 Å². The predicted octanol–water partition coefficient (Wildman–Crippen LogP) is 1.57. The van der Waals surface area contributed by atoms with Crippen LogP contribution in [-0.4, -0.2) is 24.5 Å². The van der Waals surface area contributed by atoms with E-state index in [-0.39, 0.29) is 12.3 Å². The molecule has 0 fully saturated rings. The van der Waals surface area contributed by atoms with Gasteiger partial charge in [0.25, 0.3) is 0 Å². The summed E-state index contributed by atoms with van der Waals surface area (Å²) in [4.78, 5) is 23.4. The molecule has 0 aliphatic rings. The molecular formula is C18H27ClN2O3. The second-order valence-electron chi connectivity index (χ2n) is 6.07. The summed E-state index contributed by atoms with van der Waals surface area (Å²) < 4.78 is 0. The van der Waals surface area contributed by atoms with Crippen LogP contribution in [0.4, 0.5) is 5.69 Å². The molecule has 2 atom stereocenters. The number of rotatable bonds is 11. The van der Waals surface area contributed by atoms with Crippen LogP contribution in [0.15, 0.2) is 24.3 Å². The number of carbonyl (C=O) groups excluding carboxylic acids is 2. The predicted molar refractivity (Wildman–Crippen MR) is 93.6 cm³/mol. The van der Waals surface area contributed by atoms with Gasteiger partial charge in [-0.3, -0.25) is 4.79 Å². The Hall–Kier alpha value is -1.59. The third kappa shape index (κ3) is 7.79. The number of carbonyl (C=O) groups is 2. The molecule has 1 aromatic rings. The van der Waals surface area contributed by atoms with Gasteiger partial charge in [0.2, 0.25) is 5.91 Å². The zero-order chi connectivity index (χ0) is 17.9. The topological polar surface area (TPSA) is 85.8 Å². The molecule has 24 heavy (non-hydrogen) atoms. The van der Waals surface area contributed by atoms with Crippen molar-refractivity contribution in [2.24, 2.45) is 5.92 Å². The van der Waals surface area contributed by atoms with Gasteiger partial charge in [0.15, 0.2) is 0 Å². The number of unbranched alkanes of at least 4 members (excludes halogenated alkanes) is 1. The highest BCUT2D eigenvalue weighted by Crippen LogP contribution is 2.13. The van der Waals surface area contributed by atoms with Crippen molar-refractivity contribution in [3.8, 4) is 0 Å². The van der Waals surface area contributed by atoms with E-state index in [1.807, 2.05) is 0 Å². The van der Waals surface area contributed by atoms with Crippen molar-refractivity contribution in [1.29, 1.82) is 0 Å². The molecule has 0 saturated carbocycles. The van der Waals surface area contributed by atoms with Gasteiger partial charge in [-0.2, -0.15) is 0 Å². The second-order valence-corrected chi connectivity index (χ2v) is 6.51. The van der Waals surface area contributed by atoms with Crippen LogP contribution in [0.5, 0.6) is 0 Å². The Kier molecular flexibility index (Phi) is 9.42. The van der Waals surface area contributed by atoms with Gasteiger partial charge >= 0.3 is 0 Å². The number of nitrogens with two attached hydrogens (primary N) is 1. The van der Waals surface area contributed by atoms with Crippen LogP contribution in [-0.2, 0) is 9.59 Å². The van der Waals surface area contributed by atoms with E-state index in [2.05, 4.69) is 19.2 Å². The summed E-state index contributed by atoms with van der Waals surface area (Å²) in [6, 6.07) is 5.82. The number of anilines is 1. The number of carboxylic acids is 1. The van der Waals surface area contributed by atoms with Crippen molar-refractivity contribution in [2.75, 3.05) is 11.9 Å². The van der Waals surface area contributed by atoms with Crippen molar-refractivity contribution in [2.45, 2.75) is 52.0 Å². The number of carboxylic acid groups (broad SMARTS) is 1. The van der Waals surface area contributed by atoms with Gasteiger partial charge in [-0.1, -0.05) is 38.3 Å². The summed E-state index contributed by atoms with van der Waals surface area (Å²) in [6.45, 7) is 4.94. The summed E-state index contributed by atoms with van der Waals surface area (Å²) in [5.74, 6) is -1.08. The van der Waals surface area contributed by atoms with Crippen LogP contribution < -0.4 is 15.7 Å². The fourth-order valence-electron chi connectivity index (χ4n) is 2.55. The molecule has 1 rings (SSSR count). The van der Waals surface area contributed by atoms with Crippen LogP contribution in [0, 0.1) is 5.92 Å². The van der Waals surface area contributed by atoms with Gasteiger partial charge in [0, 0.05) is 16.6 Å². The average Bonchev–Trinajstić information content (AvgIpc) is 2.55. The fraction of sp³-hybridized carbons (Fsp3) is 0.556. The molecule has 134 valence electrons. The zero-order valence-electron chi connectivity index (χ0n) is 14.4. The Morgan fingerprint density at radius 1 is 1.25 bits per heavy atom. The smallest absolute Gasteiger partial charge is 0.230 e. The summed E-state index contributed by atoms with van der Waals surface area (Å²) in [7, 11) is 0. The van der Waals surface area contributed by atoms with E-state index in [4.69, 9.17) is 11.6 Å². The normalized spacial score (nSPS) is 13.3. The third-order valence-corrected chi connectivity index (χ3v) is 4.39. The van der Waals surface area contributed by atoms with E-state index in [0.29, 0.717) is 23.2 Å². The first-order valence-electron chi connectivity index (χ1n) is 8.55. The lowest BCUT2D eigenvalue weighted by Crippen LogP contribution is -2.94. The van der Waals surface area contributed by atoms with Crippen LogP contribution in [0.1, 0.15) is 46.0 Å². The molecule has 0 aliphatic heterocycles. The van der Waals surface area contributed by atoms with Crippen LogP contribution in [0.25, 0.3) is 0 Å². The minimum absolute atomic E-state index is 0.116. The highest BCUT2D eigenvalue weighted by atomic mass is 35.5. The summed E-state index contributed by atoms with van der Waals surface area (Å²) in [6.07, 6.45) is 4.24. The van der Waals surface area contributed by atoms with Gasteiger partial charge < -0.3 is 20.5 Å². The zero-order valence-corrected chi connectivity index (χ0v) is 15.1. The first-order chi connectivity index (χ1) is 11.5. The lowest BCUT2D eigenvalue weighted by Gasteiger charge is -2.20. The number of amides is 1. The Bertz CT molecular complexity index is 520. The molecule has 0 unspecified atom stereocenters. The average molecular weight is 355 g/mol. The van der Waals surface area contributed by atoms with E-state index in [0.717, 1.165) is 25.7 Å². The van der Waals surface area contributed by atoms with Crippen LogP contribution in [0.3, 0.4) is 0 Å². The number of hydrogen-bond donors (Lipinski definition) is 2. The van der Waals surface area contributed by atoms with E-state index >= 15 is 0 Å². The minimum Gasteiger partial charge on any atom is -0.544 e. The Morgan fingerprint density at radius 2 is 1.92 bits per heavy atom. The van der Waals surface area contributed by atoms with Gasteiger partial charge in [-0.15, -0.1) is 0 Å². The molecule has 0 radical (unpaired) electrons. The monoisotopic (exact) mass is 354 g/mol. The van der Waals surface area contributed by atoms with Crippen molar-refractivity contribution in [3.05, 3.63) is 29.3 Å². The molecule has 0 heterocycles. The maximum absolute atomic E-state index is 12.0. The molecule has 0 spiro atoms. The molecule has 1 aromatic carbocycles. The summed E-state index contributed by atoms with van der Waals surface area (Å²) in [5, 5.41) is 16.3. The Labute approximate surface area is 148 Å². The molecule has 3 N–H and O–H groups in total. The van der Waals surface area contributed by atoms with E-state index in [9.17, 15) is 14.7 Å². The molecular weight excluding hydrogens is 328 g/mol. The quantitative estimate of drug-likeness (QED) is 0.632. The number of nitrogens with one attached hydrogen (secondary N) is 1. The number of aliphatic carboxylic acids is 1. The van der Waals surface area contributed by atoms with Crippen molar-refractivity contribution >= 4 is 29.2 Å². The number of benzene rings is 1. The molecule has 1 amide bonds. The van der Waals surface area contributed by atoms with Crippen LogP contribution >= 0.6 is 11.6 Å². The van der Waals surface area contributed by atoms with Crippen LogP contribution in [0.2, 0.25) is 5.02 Å². The highest BCUT2D eigenvalue weighted by molar-refractivity contribution is 6.30. The lowest BCUT2D eigenvalue weighted by atomic mass is 9.99. The summed E-state index contributed by atoms with van der Waals surface area (Å²) in [5.41, 5.74) is 0.593.